The van der Waals surface area contributed by atoms with E-state index in [0.29, 0.717) is 11.7 Å². The third-order valence-corrected chi connectivity index (χ3v) is 6.17. The number of nitrogens with one attached hydrogen (secondary N) is 1. The molecule has 0 saturated carbocycles. The van der Waals surface area contributed by atoms with E-state index in [4.69, 9.17) is 4.74 Å². The van der Waals surface area contributed by atoms with Crippen LogP contribution in [0.3, 0.4) is 0 Å². The Labute approximate surface area is 160 Å². The van der Waals surface area contributed by atoms with E-state index in [9.17, 15) is 4.79 Å². The van der Waals surface area contributed by atoms with Crippen LogP contribution in [0.4, 0.5) is 5.13 Å². The van der Waals surface area contributed by atoms with Crippen molar-refractivity contribution >= 4 is 33.7 Å². The van der Waals surface area contributed by atoms with Gasteiger partial charge in [0, 0.05) is 28.9 Å². The first-order valence-electron chi connectivity index (χ1n) is 8.38. The van der Waals surface area contributed by atoms with Gasteiger partial charge in [-0.2, -0.15) is 0 Å². The van der Waals surface area contributed by atoms with Gasteiger partial charge in [0.25, 0.3) is 0 Å². The molecule has 0 unspecified atom stereocenters. The van der Waals surface area contributed by atoms with Crippen LogP contribution >= 0.6 is 22.7 Å². The quantitative estimate of drug-likeness (QED) is 0.724. The number of nitrogens with zero attached hydrogens (tertiary/aromatic N) is 2. The molecule has 0 spiro atoms. The second kappa shape index (κ2) is 7.57. The summed E-state index contributed by atoms with van der Waals surface area (Å²) in [6, 6.07) is 9.90. The van der Waals surface area contributed by atoms with Crippen LogP contribution in [0.15, 0.2) is 41.1 Å². The Kier molecular flexibility index (Phi) is 5.01. The molecule has 1 aromatic carbocycles. The Hall–Kier alpha value is -2.22. The van der Waals surface area contributed by atoms with Gasteiger partial charge in [-0.25, -0.2) is 4.98 Å². The van der Waals surface area contributed by atoms with Crippen LogP contribution in [0.25, 0.3) is 11.3 Å². The third kappa shape index (κ3) is 3.80. The number of rotatable bonds is 5. The molecular weight excluding hydrogens is 366 g/mol. The summed E-state index contributed by atoms with van der Waals surface area (Å²) in [6.07, 6.45) is 1.03. The zero-order chi connectivity index (χ0) is 17.9. The maximum absolute atomic E-state index is 12.4. The lowest BCUT2D eigenvalue weighted by Gasteiger charge is -2.25. The molecule has 1 aliphatic rings. The summed E-state index contributed by atoms with van der Waals surface area (Å²) in [4.78, 5) is 20.5. The highest BCUT2D eigenvalue weighted by atomic mass is 32.1. The minimum Gasteiger partial charge on any atom is -0.497 e. The predicted octanol–water partition coefficient (Wildman–Crippen LogP) is 3.88. The van der Waals surface area contributed by atoms with Crippen LogP contribution in [0.1, 0.15) is 10.4 Å². The number of carbonyl (C=O) groups excluding carboxylic acids is 1. The molecule has 0 aliphatic carbocycles. The Bertz CT molecular complexity index is 902. The first-order chi connectivity index (χ1) is 12.7. The Morgan fingerprint density at radius 3 is 2.92 bits per heavy atom. The van der Waals surface area contributed by atoms with Crippen molar-refractivity contribution < 1.29 is 9.53 Å². The molecule has 0 fully saturated rings. The smallest absolute Gasteiger partial charge is 0.240 e. The number of thiazole rings is 1. The topological polar surface area (TPSA) is 54.5 Å². The van der Waals surface area contributed by atoms with Gasteiger partial charge in [0.15, 0.2) is 5.13 Å². The van der Waals surface area contributed by atoms with Crippen molar-refractivity contribution in [2.24, 2.45) is 0 Å². The van der Waals surface area contributed by atoms with Crippen molar-refractivity contribution in [3.63, 3.8) is 0 Å². The molecular formula is C19H19N3O2S2. The van der Waals surface area contributed by atoms with Crippen molar-refractivity contribution in [2.45, 2.75) is 13.0 Å². The Morgan fingerprint density at radius 2 is 2.12 bits per heavy atom. The van der Waals surface area contributed by atoms with Crippen LogP contribution in [0.2, 0.25) is 0 Å². The molecule has 1 aliphatic heterocycles. The lowest BCUT2D eigenvalue weighted by Crippen LogP contribution is -2.36. The predicted molar refractivity (Wildman–Crippen MR) is 106 cm³/mol. The van der Waals surface area contributed by atoms with Gasteiger partial charge in [0.1, 0.15) is 5.75 Å². The van der Waals surface area contributed by atoms with E-state index >= 15 is 0 Å². The van der Waals surface area contributed by atoms with Gasteiger partial charge in [0.05, 0.1) is 19.3 Å². The summed E-state index contributed by atoms with van der Waals surface area (Å²) in [5.41, 5.74) is 3.21. The van der Waals surface area contributed by atoms with Crippen molar-refractivity contribution in [1.82, 2.24) is 9.88 Å². The average Bonchev–Trinajstić information content (AvgIpc) is 3.30. The minimum atomic E-state index is -0.0145. The van der Waals surface area contributed by atoms with Crippen molar-refractivity contribution in [1.29, 1.82) is 0 Å². The summed E-state index contributed by atoms with van der Waals surface area (Å²) in [5, 5.41) is 7.64. The fraction of sp³-hybridized carbons (Fsp3) is 0.263. The number of amides is 1. The fourth-order valence-electron chi connectivity index (χ4n) is 3.03. The van der Waals surface area contributed by atoms with E-state index in [2.05, 4.69) is 26.6 Å². The van der Waals surface area contributed by atoms with E-state index < -0.39 is 0 Å². The third-order valence-electron chi connectivity index (χ3n) is 4.39. The maximum atomic E-state index is 12.4. The zero-order valence-corrected chi connectivity index (χ0v) is 16.0. The highest BCUT2D eigenvalue weighted by Gasteiger charge is 2.19. The number of hydrogen-bond acceptors (Lipinski definition) is 6. The lowest BCUT2D eigenvalue weighted by molar-refractivity contribution is -0.117. The Morgan fingerprint density at radius 1 is 1.27 bits per heavy atom. The van der Waals surface area contributed by atoms with Gasteiger partial charge in [0.2, 0.25) is 5.91 Å². The van der Waals surface area contributed by atoms with Crippen molar-refractivity contribution in [2.75, 3.05) is 25.5 Å². The zero-order valence-electron chi connectivity index (χ0n) is 14.4. The summed E-state index contributed by atoms with van der Waals surface area (Å²) in [6.45, 7) is 2.17. The van der Waals surface area contributed by atoms with Crippen LogP contribution in [0, 0.1) is 0 Å². The number of ether oxygens (including phenoxy) is 1. The van der Waals surface area contributed by atoms with E-state index in [0.717, 1.165) is 36.5 Å². The molecule has 3 heterocycles. The second-order valence-electron chi connectivity index (χ2n) is 6.14. The van der Waals surface area contributed by atoms with E-state index in [1.165, 1.54) is 21.8 Å². The average molecular weight is 386 g/mol. The van der Waals surface area contributed by atoms with Gasteiger partial charge >= 0.3 is 0 Å². The summed E-state index contributed by atoms with van der Waals surface area (Å²) in [7, 11) is 1.65. The van der Waals surface area contributed by atoms with Gasteiger partial charge in [-0.1, -0.05) is 0 Å². The van der Waals surface area contributed by atoms with Gasteiger partial charge in [-0.05, 0) is 47.7 Å². The summed E-state index contributed by atoms with van der Waals surface area (Å²) < 4.78 is 5.17. The van der Waals surface area contributed by atoms with Crippen LogP contribution in [0.5, 0.6) is 5.75 Å². The molecule has 3 aromatic rings. The first kappa shape index (κ1) is 17.2. The van der Waals surface area contributed by atoms with Crippen LogP contribution in [-0.2, 0) is 17.8 Å². The molecule has 5 nitrogen and oxygen atoms in total. The number of thiophene rings is 1. The molecule has 7 heteroatoms. The number of carbonyl (C=O) groups is 1. The molecule has 1 N–H and O–H groups in total. The number of benzene rings is 1. The number of fused-ring (bicyclic) bond motifs is 1. The standard InChI is InChI=1S/C19H19N3O2S2/c1-24-15-4-2-13(3-5-15)16-12-26-19(20-16)21-18(23)11-22-8-6-17-14(10-22)7-9-25-17/h2-5,7,9,12H,6,8,10-11H2,1H3,(H,20,21,23). The maximum Gasteiger partial charge on any atom is 0.240 e. The molecule has 0 bridgehead atoms. The number of anilines is 1. The SMILES string of the molecule is COc1ccc(-c2csc(NC(=O)CN3CCc4sccc4C3)n2)cc1. The largest absolute Gasteiger partial charge is 0.497 e. The molecule has 2 aromatic heterocycles. The molecule has 1 amide bonds. The lowest BCUT2D eigenvalue weighted by atomic mass is 10.1. The monoisotopic (exact) mass is 385 g/mol. The van der Waals surface area contributed by atoms with Gasteiger partial charge in [-0.15, -0.1) is 22.7 Å². The summed E-state index contributed by atoms with van der Waals surface area (Å²) >= 11 is 3.25. The normalized spacial score (nSPS) is 14.0. The molecule has 26 heavy (non-hydrogen) atoms. The minimum absolute atomic E-state index is 0.0145. The van der Waals surface area contributed by atoms with Crippen LogP contribution < -0.4 is 10.1 Å². The van der Waals surface area contributed by atoms with Crippen molar-refractivity contribution in [3.8, 4) is 17.0 Å². The molecule has 0 atom stereocenters. The first-order valence-corrected chi connectivity index (χ1v) is 10.1. The second-order valence-corrected chi connectivity index (χ2v) is 8.00. The highest BCUT2D eigenvalue weighted by Crippen LogP contribution is 2.27. The van der Waals surface area contributed by atoms with E-state index in [1.54, 1.807) is 7.11 Å². The fourth-order valence-corrected chi connectivity index (χ4v) is 4.65. The Balaban J connectivity index is 1.35. The molecule has 4 rings (SSSR count). The van der Waals surface area contributed by atoms with Crippen LogP contribution in [-0.4, -0.2) is 36.0 Å². The van der Waals surface area contributed by atoms with Crippen molar-refractivity contribution in [3.05, 3.63) is 51.5 Å². The number of hydrogen-bond donors (Lipinski definition) is 1. The molecule has 0 saturated heterocycles. The molecule has 134 valence electrons. The summed E-state index contributed by atoms with van der Waals surface area (Å²) in [5.74, 6) is 0.798. The number of aromatic nitrogens is 1. The van der Waals surface area contributed by atoms with Gasteiger partial charge in [-0.3, -0.25) is 9.69 Å². The highest BCUT2D eigenvalue weighted by molar-refractivity contribution is 7.14. The van der Waals surface area contributed by atoms with E-state index in [1.807, 2.05) is 41.0 Å². The van der Waals surface area contributed by atoms with Gasteiger partial charge < -0.3 is 10.1 Å². The number of methoxy groups -OCH3 is 1. The van der Waals surface area contributed by atoms with E-state index in [-0.39, 0.29) is 5.91 Å². The molecule has 0 radical (unpaired) electrons.